The van der Waals surface area contributed by atoms with E-state index in [4.69, 9.17) is 9.15 Å². The average Bonchev–Trinajstić information content (AvgIpc) is 3.27. The van der Waals surface area contributed by atoms with E-state index >= 15 is 0 Å². The summed E-state index contributed by atoms with van der Waals surface area (Å²) in [5, 5.41) is 8.92. The number of hydrogen-bond donors (Lipinski definition) is 1. The Hall–Kier alpha value is -1.93. The molecule has 8 heteroatoms. The Morgan fingerprint density at radius 1 is 1.61 bits per heavy atom. The summed E-state index contributed by atoms with van der Waals surface area (Å²) in [5.74, 6) is -0.382. The molecule has 1 N–H and O–H groups in total. The molecule has 2 aromatic rings. The molecule has 1 aliphatic heterocycles. The molecule has 124 valence electrons. The van der Waals surface area contributed by atoms with Crippen molar-refractivity contribution in [2.24, 2.45) is 0 Å². The van der Waals surface area contributed by atoms with Crippen molar-refractivity contribution in [3.8, 4) is 10.8 Å². The molecule has 1 fully saturated rings. The van der Waals surface area contributed by atoms with Crippen LogP contribution in [0.1, 0.15) is 26.2 Å². The van der Waals surface area contributed by atoms with Crippen molar-refractivity contribution in [3.63, 3.8) is 0 Å². The lowest BCUT2D eigenvalue weighted by molar-refractivity contribution is -0.122. The normalized spacial score (nSPS) is 18.9. The Kier molecular flexibility index (Phi) is 4.92. The second kappa shape index (κ2) is 7.10. The smallest absolute Gasteiger partial charge is 0.387 e. The third-order valence-corrected chi connectivity index (χ3v) is 4.66. The second-order valence-electron chi connectivity index (χ2n) is 5.53. The molecule has 2 aromatic heterocycles. The van der Waals surface area contributed by atoms with Crippen molar-refractivity contribution >= 4 is 17.2 Å². The van der Waals surface area contributed by atoms with Gasteiger partial charge < -0.3 is 14.5 Å². The van der Waals surface area contributed by atoms with Gasteiger partial charge in [-0.1, -0.05) is 6.07 Å². The Labute approximate surface area is 137 Å². The van der Waals surface area contributed by atoms with Crippen molar-refractivity contribution < 1.29 is 13.9 Å². The van der Waals surface area contributed by atoms with Crippen LogP contribution in [0.4, 0.5) is 0 Å². The van der Waals surface area contributed by atoms with E-state index in [1.165, 1.54) is 16.0 Å². The van der Waals surface area contributed by atoms with Gasteiger partial charge >= 0.3 is 5.76 Å². The lowest BCUT2D eigenvalue weighted by Gasteiger charge is -2.19. The first-order valence-corrected chi connectivity index (χ1v) is 8.54. The van der Waals surface area contributed by atoms with Crippen LogP contribution in [0.25, 0.3) is 10.8 Å². The van der Waals surface area contributed by atoms with E-state index < -0.39 is 5.76 Å². The first-order valence-electron chi connectivity index (χ1n) is 7.66. The predicted molar refractivity (Wildman–Crippen MR) is 85.3 cm³/mol. The van der Waals surface area contributed by atoms with Crippen LogP contribution in [0.5, 0.6) is 0 Å². The highest BCUT2D eigenvalue weighted by molar-refractivity contribution is 7.13. The molecule has 1 saturated heterocycles. The number of hydrogen-bond acceptors (Lipinski definition) is 6. The minimum atomic E-state index is -0.548. The molecule has 3 rings (SSSR count). The maximum atomic E-state index is 12.0. The Balaban J connectivity index is 1.53. The molecular formula is C15H19N3O4S. The van der Waals surface area contributed by atoms with Crippen LogP contribution in [-0.4, -0.2) is 34.4 Å². The van der Waals surface area contributed by atoms with Crippen LogP contribution >= 0.6 is 11.3 Å². The molecule has 0 aromatic carbocycles. The van der Waals surface area contributed by atoms with Gasteiger partial charge in [0.1, 0.15) is 0 Å². The van der Waals surface area contributed by atoms with E-state index in [2.05, 4.69) is 10.4 Å². The summed E-state index contributed by atoms with van der Waals surface area (Å²) in [5.41, 5.74) is 0. The summed E-state index contributed by atoms with van der Waals surface area (Å²) in [4.78, 5) is 24.5. The van der Waals surface area contributed by atoms with Crippen LogP contribution in [0.3, 0.4) is 0 Å². The average molecular weight is 337 g/mol. The van der Waals surface area contributed by atoms with Gasteiger partial charge in [-0.2, -0.15) is 4.68 Å². The van der Waals surface area contributed by atoms with Crippen LogP contribution < -0.4 is 11.1 Å². The highest BCUT2D eigenvalue weighted by Crippen LogP contribution is 2.21. The number of aryl methyl sites for hydroxylation is 1. The van der Waals surface area contributed by atoms with Crippen molar-refractivity contribution in [1.82, 2.24) is 15.1 Å². The molecule has 2 atom stereocenters. The number of aromatic nitrogens is 2. The maximum absolute atomic E-state index is 12.0. The number of rotatable bonds is 6. The summed E-state index contributed by atoms with van der Waals surface area (Å²) >= 11 is 1.44. The number of amides is 1. The number of ether oxygens (including phenoxy) is 1. The van der Waals surface area contributed by atoms with Gasteiger partial charge in [0.2, 0.25) is 5.91 Å². The molecule has 0 bridgehead atoms. The molecule has 0 unspecified atom stereocenters. The van der Waals surface area contributed by atoms with Crippen LogP contribution in [0.2, 0.25) is 0 Å². The number of nitrogens with zero attached hydrogens (tertiary/aromatic N) is 2. The molecule has 0 spiro atoms. The Morgan fingerprint density at radius 2 is 2.48 bits per heavy atom. The van der Waals surface area contributed by atoms with Crippen LogP contribution in [-0.2, 0) is 16.1 Å². The predicted octanol–water partition coefficient (Wildman–Crippen LogP) is 1.64. The van der Waals surface area contributed by atoms with Crippen molar-refractivity contribution in [3.05, 3.63) is 28.1 Å². The summed E-state index contributed by atoms with van der Waals surface area (Å²) in [6.07, 6.45) is 2.26. The fraction of sp³-hybridized carbons (Fsp3) is 0.533. The molecule has 1 amide bonds. The summed E-state index contributed by atoms with van der Waals surface area (Å²) in [7, 11) is 0. The van der Waals surface area contributed by atoms with Gasteiger partial charge in [0.25, 0.3) is 5.89 Å². The van der Waals surface area contributed by atoms with Gasteiger partial charge in [-0.3, -0.25) is 4.79 Å². The standard InChI is InChI=1S/C15H19N3O4S/c1-10(11-4-2-8-21-11)16-13(19)6-7-18-15(20)22-14(17-18)12-5-3-9-23-12/h3,5,9-11H,2,4,6-8H2,1H3,(H,16,19)/t10-,11-/m0/s1. The lowest BCUT2D eigenvalue weighted by Crippen LogP contribution is -2.41. The zero-order valence-corrected chi connectivity index (χ0v) is 13.7. The quantitative estimate of drug-likeness (QED) is 0.866. The summed E-state index contributed by atoms with van der Waals surface area (Å²) < 4.78 is 11.8. The lowest BCUT2D eigenvalue weighted by atomic mass is 10.1. The number of nitrogens with one attached hydrogen (secondary N) is 1. The Morgan fingerprint density at radius 3 is 3.17 bits per heavy atom. The monoisotopic (exact) mass is 337 g/mol. The fourth-order valence-electron chi connectivity index (χ4n) is 2.57. The number of thiophene rings is 1. The molecular weight excluding hydrogens is 318 g/mol. The van der Waals surface area contributed by atoms with Crippen molar-refractivity contribution in [1.29, 1.82) is 0 Å². The van der Waals surface area contributed by atoms with Gasteiger partial charge in [0, 0.05) is 13.0 Å². The molecule has 7 nitrogen and oxygen atoms in total. The van der Waals surface area contributed by atoms with Crippen LogP contribution in [0.15, 0.2) is 26.7 Å². The van der Waals surface area contributed by atoms with Gasteiger partial charge in [-0.15, -0.1) is 16.4 Å². The molecule has 1 aliphatic rings. The zero-order chi connectivity index (χ0) is 16.2. The summed E-state index contributed by atoms with van der Waals surface area (Å²) in [6, 6.07) is 3.66. The third-order valence-electron chi connectivity index (χ3n) is 3.80. The fourth-order valence-corrected chi connectivity index (χ4v) is 3.21. The minimum Gasteiger partial charge on any atom is -0.387 e. The van der Waals surface area contributed by atoms with E-state index in [0.717, 1.165) is 24.3 Å². The van der Waals surface area contributed by atoms with E-state index in [9.17, 15) is 9.59 Å². The SMILES string of the molecule is C[C@H](NC(=O)CCn1nc(-c2cccs2)oc1=O)[C@@H]1CCCO1. The van der Waals surface area contributed by atoms with Gasteiger partial charge in [-0.05, 0) is 31.2 Å². The Bertz CT molecular complexity index is 701. The minimum absolute atomic E-state index is 0.0271. The highest BCUT2D eigenvalue weighted by atomic mass is 32.1. The molecule has 0 radical (unpaired) electrons. The van der Waals surface area contributed by atoms with Gasteiger partial charge in [0.05, 0.1) is 23.6 Å². The molecule has 23 heavy (non-hydrogen) atoms. The van der Waals surface area contributed by atoms with Crippen molar-refractivity contribution in [2.45, 2.75) is 44.9 Å². The molecule has 0 saturated carbocycles. The van der Waals surface area contributed by atoms with E-state index in [0.29, 0.717) is 0 Å². The van der Waals surface area contributed by atoms with E-state index in [-0.39, 0.29) is 36.9 Å². The molecule has 3 heterocycles. The second-order valence-corrected chi connectivity index (χ2v) is 6.48. The third kappa shape index (κ3) is 3.89. The first-order chi connectivity index (χ1) is 11.1. The zero-order valence-electron chi connectivity index (χ0n) is 12.9. The number of carbonyl (C=O) groups is 1. The highest BCUT2D eigenvalue weighted by Gasteiger charge is 2.23. The topological polar surface area (TPSA) is 86.4 Å². The molecule has 0 aliphatic carbocycles. The van der Waals surface area contributed by atoms with E-state index in [1.807, 2.05) is 24.4 Å². The van der Waals surface area contributed by atoms with E-state index in [1.54, 1.807) is 0 Å². The van der Waals surface area contributed by atoms with Crippen LogP contribution in [0, 0.1) is 0 Å². The van der Waals surface area contributed by atoms with Gasteiger partial charge in [-0.25, -0.2) is 4.79 Å². The largest absolute Gasteiger partial charge is 0.437 e. The number of carbonyl (C=O) groups excluding carboxylic acids is 1. The van der Waals surface area contributed by atoms with Gasteiger partial charge in [0.15, 0.2) is 0 Å². The summed E-state index contributed by atoms with van der Waals surface area (Å²) in [6.45, 7) is 2.88. The maximum Gasteiger partial charge on any atom is 0.437 e. The first kappa shape index (κ1) is 15.9. The van der Waals surface area contributed by atoms with Crippen molar-refractivity contribution in [2.75, 3.05) is 6.61 Å².